The monoisotopic (exact) mass is 367 g/mol. The Balaban J connectivity index is 1.56. The fourth-order valence-electron chi connectivity index (χ4n) is 2.44. The number of benzene rings is 1. The van der Waals surface area contributed by atoms with Gasteiger partial charge in [-0.25, -0.2) is 4.98 Å². The van der Waals surface area contributed by atoms with Crippen LogP contribution in [0, 0.1) is 20.8 Å². The van der Waals surface area contributed by atoms with E-state index in [0.29, 0.717) is 6.54 Å². The maximum absolute atomic E-state index is 12.1. The van der Waals surface area contributed by atoms with Gasteiger partial charge in [0.2, 0.25) is 0 Å². The fraction of sp³-hybridized carbons (Fsp3) is 0.250. The number of rotatable bonds is 6. The van der Waals surface area contributed by atoms with Gasteiger partial charge in [-0.15, -0.1) is 11.3 Å². The minimum absolute atomic E-state index is 0.00237. The topological polar surface area (TPSA) is 64.1 Å². The number of aromatic nitrogens is 2. The summed E-state index contributed by atoms with van der Waals surface area (Å²) in [6.07, 6.45) is 3.53. The molecule has 0 radical (unpaired) electrons. The molecule has 0 spiro atoms. The molecule has 134 valence electrons. The van der Waals surface area contributed by atoms with Gasteiger partial charge in [0.05, 0.1) is 12.2 Å². The van der Waals surface area contributed by atoms with Gasteiger partial charge in [-0.05, 0) is 50.1 Å². The summed E-state index contributed by atoms with van der Waals surface area (Å²) in [5.41, 5.74) is 4.03. The number of nitrogens with one attached hydrogen (secondary N) is 1. The third kappa shape index (κ3) is 4.46. The van der Waals surface area contributed by atoms with E-state index in [1.165, 1.54) is 0 Å². The second kappa shape index (κ2) is 8.10. The van der Waals surface area contributed by atoms with Crippen LogP contribution in [0.1, 0.15) is 21.7 Å². The highest BCUT2D eigenvalue weighted by molar-refractivity contribution is 7.15. The Morgan fingerprint density at radius 3 is 2.85 bits per heavy atom. The zero-order valence-electron chi connectivity index (χ0n) is 15.1. The maximum Gasteiger partial charge on any atom is 0.258 e. The van der Waals surface area contributed by atoms with Gasteiger partial charge in [-0.3, -0.25) is 9.78 Å². The quantitative estimate of drug-likeness (QED) is 0.719. The van der Waals surface area contributed by atoms with Gasteiger partial charge in [0.1, 0.15) is 10.8 Å². The molecule has 0 bridgehead atoms. The summed E-state index contributed by atoms with van der Waals surface area (Å²) in [6.45, 7) is 6.35. The van der Waals surface area contributed by atoms with E-state index in [4.69, 9.17) is 4.74 Å². The molecular formula is C20H21N3O2S. The Bertz CT molecular complexity index is 907. The molecule has 0 unspecified atom stereocenters. The van der Waals surface area contributed by atoms with Crippen LogP contribution in [0.2, 0.25) is 0 Å². The van der Waals surface area contributed by atoms with E-state index >= 15 is 0 Å². The van der Waals surface area contributed by atoms with Gasteiger partial charge in [0.25, 0.3) is 5.91 Å². The molecular weight excluding hydrogens is 346 g/mol. The lowest BCUT2D eigenvalue weighted by Crippen LogP contribution is -2.28. The second-order valence-electron chi connectivity index (χ2n) is 6.10. The van der Waals surface area contributed by atoms with Crippen molar-refractivity contribution in [3.05, 3.63) is 64.4 Å². The molecule has 3 aromatic rings. The fourth-order valence-corrected chi connectivity index (χ4v) is 3.43. The largest absolute Gasteiger partial charge is 0.483 e. The van der Waals surface area contributed by atoms with Crippen molar-refractivity contribution >= 4 is 17.2 Å². The highest BCUT2D eigenvalue weighted by Gasteiger charge is 2.11. The number of hydrogen-bond acceptors (Lipinski definition) is 5. The molecule has 0 aliphatic heterocycles. The highest BCUT2D eigenvalue weighted by Crippen LogP contribution is 2.27. The van der Waals surface area contributed by atoms with Crippen molar-refractivity contribution in [1.82, 2.24) is 15.3 Å². The molecule has 0 atom stereocenters. The zero-order chi connectivity index (χ0) is 18.5. The van der Waals surface area contributed by atoms with E-state index in [1.807, 2.05) is 51.1 Å². The van der Waals surface area contributed by atoms with Gasteiger partial charge >= 0.3 is 0 Å². The van der Waals surface area contributed by atoms with E-state index < -0.39 is 0 Å². The highest BCUT2D eigenvalue weighted by atomic mass is 32.1. The summed E-state index contributed by atoms with van der Waals surface area (Å²) in [7, 11) is 0. The molecule has 1 amide bonds. The first-order valence-corrected chi connectivity index (χ1v) is 9.18. The van der Waals surface area contributed by atoms with Crippen molar-refractivity contribution in [1.29, 1.82) is 0 Å². The molecule has 0 fully saturated rings. The predicted octanol–water partition coefficient (Wildman–Crippen LogP) is 3.83. The maximum atomic E-state index is 12.1. The van der Waals surface area contributed by atoms with Gasteiger partial charge in [0.15, 0.2) is 6.61 Å². The van der Waals surface area contributed by atoms with E-state index in [0.717, 1.165) is 38.0 Å². The normalized spacial score (nSPS) is 10.6. The number of amides is 1. The van der Waals surface area contributed by atoms with Crippen LogP contribution in [0.5, 0.6) is 5.75 Å². The van der Waals surface area contributed by atoms with Gasteiger partial charge in [-0.1, -0.05) is 12.1 Å². The van der Waals surface area contributed by atoms with E-state index in [1.54, 1.807) is 23.7 Å². The molecule has 3 rings (SSSR count). The number of ether oxygens (including phenoxy) is 1. The molecule has 0 aliphatic rings. The average molecular weight is 367 g/mol. The van der Waals surface area contributed by atoms with Crippen LogP contribution in [0.3, 0.4) is 0 Å². The van der Waals surface area contributed by atoms with Crippen LogP contribution < -0.4 is 10.1 Å². The van der Waals surface area contributed by atoms with Gasteiger partial charge in [0, 0.05) is 22.8 Å². The molecule has 2 heterocycles. The van der Waals surface area contributed by atoms with Crippen molar-refractivity contribution in [2.45, 2.75) is 27.3 Å². The van der Waals surface area contributed by atoms with E-state index in [2.05, 4.69) is 15.3 Å². The van der Waals surface area contributed by atoms with Crippen molar-refractivity contribution in [2.75, 3.05) is 6.61 Å². The lowest BCUT2D eigenvalue weighted by atomic mass is 10.1. The number of carbonyl (C=O) groups is 1. The molecule has 26 heavy (non-hydrogen) atoms. The SMILES string of the molecule is Cc1ccc(C)c(OCC(=O)NCc2sc(-c3cccnc3)nc2C)c1. The Morgan fingerprint density at radius 2 is 2.08 bits per heavy atom. The number of carbonyl (C=O) groups excluding carboxylic acids is 1. The Morgan fingerprint density at radius 1 is 1.23 bits per heavy atom. The standard InChI is InChI=1S/C20H21N3O2S/c1-13-6-7-14(2)17(9-13)25-12-19(24)22-11-18-15(3)23-20(26-18)16-5-4-8-21-10-16/h4-10H,11-12H2,1-3H3,(H,22,24). The van der Waals surface area contributed by atoms with E-state index in [-0.39, 0.29) is 12.5 Å². The van der Waals surface area contributed by atoms with Crippen LogP contribution in [0.25, 0.3) is 10.6 Å². The van der Waals surface area contributed by atoms with Crippen LogP contribution in [-0.2, 0) is 11.3 Å². The summed E-state index contributed by atoms with van der Waals surface area (Å²) in [5.74, 6) is 0.592. The minimum Gasteiger partial charge on any atom is -0.483 e. The van der Waals surface area contributed by atoms with E-state index in [9.17, 15) is 4.79 Å². The van der Waals surface area contributed by atoms with Crippen LogP contribution in [0.15, 0.2) is 42.7 Å². The smallest absolute Gasteiger partial charge is 0.258 e. The second-order valence-corrected chi connectivity index (χ2v) is 7.19. The van der Waals surface area contributed by atoms with Crippen molar-refractivity contribution in [2.24, 2.45) is 0 Å². The lowest BCUT2D eigenvalue weighted by Gasteiger charge is -2.10. The van der Waals surface area contributed by atoms with Crippen LogP contribution >= 0.6 is 11.3 Å². The third-order valence-electron chi connectivity index (χ3n) is 3.95. The predicted molar refractivity (Wildman–Crippen MR) is 103 cm³/mol. The Kier molecular flexibility index (Phi) is 5.63. The van der Waals surface area contributed by atoms with Gasteiger partial charge in [-0.2, -0.15) is 0 Å². The molecule has 6 heteroatoms. The van der Waals surface area contributed by atoms with Crippen molar-refractivity contribution in [3.63, 3.8) is 0 Å². The molecule has 5 nitrogen and oxygen atoms in total. The summed E-state index contributed by atoms with van der Waals surface area (Å²) in [4.78, 5) is 21.8. The van der Waals surface area contributed by atoms with Crippen molar-refractivity contribution < 1.29 is 9.53 Å². The number of aryl methyl sites for hydroxylation is 3. The number of thiazole rings is 1. The first-order valence-electron chi connectivity index (χ1n) is 8.36. The first-order chi connectivity index (χ1) is 12.5. The first kappa shape index (κ1) is 18.1. The van der Waals surface area contributed by atoms with Crippen molar-refractivity contribution in [3.8, 4) is 16.3 Å². The molecule has 1 N–H and O–H groups in total. The zero-order valence-corrected chi connectivity index (χ0v) is 15.9. The average Bonchev–Trinajstić information content (AvgIpc) is 3.02. The Labute approximate surface area is 157 Å². The summed E-state index contributed by atoms with van der Waals surface area (Å²) < 4.78 is 5.64. The van der Waals surface area contributed by atoms with Crippen LogP contribution in [-0.4, -0.2) is 22.5 Å². The molecule has 0 saturated carbocycles. The summed E-state index contributed by atoms with van der Waals surface area (Å²) in [6, 6.07) is 9.82. The minimum atomic E-state index is -0.151. The summed E-state index contributed by atoms with van der Waals surface area (Å²) in [5, 5.41) is 3.81. The summed E-state index contributed by atoms with van der Waals surface area (Å²) >= 11 is 1.57. The molecule has 2 aromatic heterocycles. The Hall–Kier alpha value is -2.73. The number of hydrogen-bond donors (Lipinski definition) is 1. The lowest BCUT2D eigenvalue weighted by molar-refractivity contribution is -0.123. The molecule has 1 aromatic carbocycles. The number of pyridine rings is 1. The van der Waals surface area contributed by atoms with Crippen LogP contribution in [0.4, 0.5) is 0 Å². The van der Waals surface area contributed by atoms with Gasteiger partial charge < -0.3 is 10.1 Å². The third-order valence-corrected chi connectivity index (χ3v) is 5.16. The number of nitrogens with zero attached hydrogens (tertiary/aromatic N) is 2. The molecule has 0 saturated heterocycles. The molecule has 0 aliphatic carbocycles.